The van der Waals surface area contributed by atoms with Gasteiger partial charge in [-0.25, -0.2) is 13.8 Å². The van der Waals surface area contributed by atoms with Crippen molar-refractivity contribution in [1.82, 2.24) is 25.2 Å². The highest BCUT2D eigenvalue weighted by Crippen LogP contribution is 2.44. The summed E-state index contributed by atoms with van der Waals surface area (Å²) in [6.07, 6.45) is 6.44. The summed E-state index contributed by atoms with van der Waals surface area (Å²) < 4.78 is 38.3. The largest absolute Gasteiger partial charge is 0.461 e. The van der Waals surface area contributed by atoms with Crippen LogP contribution < -0.4 is 15.0 Å². The smallest absolute Gasteiger partial charge is 0.319 e. The van der Waals surface area contributed by atoms with Gasteiger partial charge in [-0.3, -0.25) is 4.90 Å². The van der Waals surface area contributed by atoms with Gasteiger partial charge in [-0.05, 0) is 86.9 Å². The number of nitrogens with zero attached hydrogens (tertiary/aromatic N) is 5. The predicted octanol–water partition coefficient (Wildman–Crippen LogP) is 7.14. The maximum absolute atomic E-state index is 17.0. The third kappa shape index (κ3) is 5.03. The van der Waals surface area contributed by atoms with E-state index >= 15 is 4.39 Å². The number of hydrogen-bond donors (Lipinski definition) is 1. The van der Waals surface area contributed by atoms with Crippen LogP contribution in [-0.2, 0) is 0 Å². The number of ether oxygens (including phenoxy) is 1. The number of halogens is 2. The van der Waals surface area contributed by atoms with E-state index in [4.69, 9.17) is 19.7 Å². The molecule has 0 amide bonds. The van der Waals surface area contributed by atoms with Crippen molar-refractivity contribution in [3.8, 4) is 17.3 Å². The topological polar surface area (TPSA) is 66.4 Å². The Morgan fingerprint density at radius 1 is 0.978 bits per heavy atom. The molecule has 3 saturated heterocycles. The minimum Gasteiger partial charge on any atom is -0.461 e. The van der Waals surface area contributed by atoms with Crippen LogP contribution >= 0.6 is 0 Å². The van der Waals surface area contributed by atoms with E-state index < -0.39 is 5.82 Å². The Morgan fingerprint density at radius 3 is 2.58 bits per heavy atom. The highest BCUT2D eigenvalue weighted by Gasteiger charge is 2.45. The fourth-order valence-corrected chi connectivity index (χ4v) is 8.24. The fraction of sp³-hybridized carbons (Fsp3) is 0.528. The van der Waals surface area contributed by atoms with Crippen LogP contribution in [0.2, 0.25) is 0 Å². The van der Waals surface area contributed by atoms with Crippen molar-refractivity contribution in [2.24, 2.45) is 0 Å². The maximum atomic E-state index is 17.0. The molecule has 6 heterocycles. The first-order chi connectivity index (χ1) is 21.9. The molecule has 9 heteroatoms. The van der Waals surface area contributed by atoms with Gasteiger partial charge in [0.15, 0.2) is 5.82 Å². The van der Waals surface area contributed by atoms with Gasteiger partial charge in [0.1, 0.15) is 29.5 Å². The molecule has 1 N–H and O–H groups in total. The second-order valence-electron chi connectivity index (χ2n) is 13.0. The van der Waals surface area contributed by atoms with E-state index in [0.29, 0.717) is 28.5 Å². The molecule has 2 atom stereocenters. The summed E-state index contributed by atoms with van der Waals surface area (Å²) in [5.41, 5.74) is 2.33. The molecule has 4 aliphatic heterocycles. The Labute approximate surface area is 264 Å². The zero-order chi connectivity index (χ0) is 31.3. The zero-order valence-corrected chi connectivity index (χ0v) is 26.9. The Hall–Kier alpha value is -3.43. The minimum atomic E-state index is -0.510. The van der Waals surface area contributed by atoms with E-state index in [0.717, 1.165) is 75.3 Å². The maximum Gasteiger partial charge on any atom is 0.319 e. The molecule has 7 nitrogen and oxygen atoms in total. The van der Waals surface area contributed by atoms with Crippen molar-refractivity contribution in [1.29, 1.82) is 0 Å². The molecule has 0 aliphatic carbocycles. The van der Waals surface area contributed by atoms with Crippen LogP contribution in [-0.4, -0.2) is 70.8 Å². The van der Waals surface area contributed by atoms with Gasteiger partial charge in [0.05, 0.1) is 16.6 Å². The van der Waals surface area contributed by atoms with Crippen molar-refractivity contribution in [2.45, 2.75) is 83.7 Å². The highest BCUT2D eigenvalue weighted by atomic mass is 19.1. The van der Waals surface area contributed by atoms with Gasteiger partial charge in [0.25, 0.3) is 0 Å². The summed E-state index contributed by atoms with van der Waals surface area (Å²) in [5.74, 6) is -0.0403. The number of hydrogen-bond acceptors (Lipinski definition) is 7. The van der Waals surface area contributed by atoms with E-state index in [1.165, 1.54) is 18.9 Å². The first kappa shape index (κ1) is 30.2. The molecule has 8 rings (SSSR count). The molecule has 0 radical (unpaired) electrons. The van der Waals surface area contributed by atoms with Crippen LogP contribution in [0.4, 0.5) is 14.6 Å². The van der Waals surface area contributed by atoms with Crippen molar-refractivity contribution in [3.05, 3.63) is 53.2 Å². The molecular weight excluding hydrogens is 570 g/mol. The molecule has 45 heavy (non-hydrogen) atoms. The lowest BCUT2D eigenvalue weighted by atomic mass is 9.90. The molecule has 2 unspecified atom stereocenters. The number of pyridine rings is 1. The lowest BCUT2D eigenvalue weighted by Crippen LogP contribution is -2.52. The van der Waals surface area contributed by atoms with E-state index in [1.807, 2.05) is 32.0 Å². The number of fused-ring (bicyclic) bond motifs is 4. The molecule has 4 aliphatic rings. The highest BCUT2D eigenvalue weighted by molar-refractivity contribution is 6.01. The summed E-state index contributed by atoms with van der Waals surface area (Å²) in [6.45, 7) is 13.1. The second kappa shape index (κ2) is 12.1. The van der Waals surface area contributed by atoms with Gasteiger partial charge in [-0.2, -0.15) is 9.97 Å². The van der Waals surface area contributed by atoms with Crippen LogP contribution in [0.25, 0.3) is 32.9 Å². The first-order valence-electron chi connectivity index (χ1n) is 16.9. The van der Waals surface area contributed by atoms with Gasteiger partial charge in [0, 0.05) is 31.2 Å². The number of benzene rings is 2. The second-order valence-corrected chi connectivity index (χ2v) is 13.0. The lowest BCUT2D eigenvalue weighted by Gasteiger charge is -2.40. The standard InChI is InChI=1S/C34H38F2N6O.C2H6/c1-20-8-10-23-18-37-14-17-42(23)32-27-29(20)38-30(24-7-3-6-22-9-11-25(35)21(2)26(22)24)28(36)31(27)39-33(40-32)43-19-34-12-4-15-41(34)16-5-13-34;1-2/h3,6-7,9,11,20,23,37H,4-5,8,10,12-19H2,1-2H3;1-2H3. The van der Waals surface area contributed by atoms with Crippen LogP contribution in [0.3, 0.4) is 0 Å². The summed E-state index contributed by atoms with van der Waals surface area (Å²) in [4.78, 5) is 19.8. The van der Waals surface area contributed by atoms with E-state index in [9.17, 15) is 4.39 Å². The minimum absolute atomic E-state index is 0.0215. The SMILES string of the molecule is CC.Cc1c(F)ccc2cccc(-c3nc4c5c(nc(OCC67CCCN6CCC7)nc5c3F)N3CCNCC3CCC4C)c12. The molecule has 238 valence electrons. The van der Waals surface area contributed by atoms with Crippen molar-refractivity contribution in [2.75, 3.05) is 44.2 Å². The normalized spacial score (nSPS) is 22.4. The van der Waals surface area contributed by atoms with Gasteiger partial charge in [0.2, 0.25) is 0 Å². The van der Waals surface area contributed by atoms with E-state index in [1.54, 1.807) is 13.0 Å². The summed E-state index contributed by atoms with van der Waals surface area (Å²) in [6, 6.07) is 9.33. The van der Waals surface area contributed by atoms with Crippen molar-refractivity contribution in [3.63, 3.8) is 0 Å². The molecule has 2 aromatic heterocycles. The quantitative estimate of drug-likeness (QED) is 0.262. The van der Waals surface area contributed by atoms with Gasteiger partial charge < -0.3 is 15.0 Å². The monoisotopic (exact) mass is 614 g/mol. The third-order valence-electron chi connectivity index (χ3n) is 10.6. The average Bonchev–Trinajstić information content (AvgIpc) is 3.65. The zero-order valence-electron chi connectivity index (χ0n) is 26.9. The summed E-state index contributed by atoms with van der Waals surface area (Å²) >= 11 is 0. The van der Waals surface area contributed by atoms with Crippen LogP contribution in [0.1, 0.15) is 76.5 Å². The number of nitrogens with one attached hydrogen (secondary N) is 1. The van der Waals surface area contributed by atoms with Crippen LogP contribution in [0.5, 0.6) is 6.01 Å². The van der Waals surface area contributed by atoms with E-state index in [-0.39, 0.29) is 40.5 Å². The Kier molecular flexibility index (Phi) is 8.10. The Bertz CT molecular complexity index is 1730. The lowest BCUT2D eigenvalue weighted by molar-refractivity contribution is 0.108. The number of anilines is 1. The fourth-order valence-electron chi connectivity index (χ4n) is 8.24. The van der Waals surface area contributed by atoms with Gasteiger partial charge in [-0.1, -0.05) is 45.0 Å². The molecule has 3 fully saturated rings. The van der Waals surface area contributed by atoms with Crippen molar-refractivity contribution < 1.29 is 13.5 Å². The van der Waals surface area contributed by atoms with Crippen LogP contribution in [0.15, 0.2) is 30.3 Å². The van der Waals surface area contributed by atoms with E-state index in [2.05, 4.69) is 22.0 Å². The third-order valence-corrected chi connectivity index (χ3v) is 10.6. The first-order valence-corrected chi connectivity index (χ1v) is 16.9. The molecule has 0 spiro atoms. The number of rotatable bonds is 4. The Balaban J connectivity index is 0.00000160. The number of aromatic nitrogens is 3. The molecule has 0 bridgehead atoms. The summed E-state index contributed by atoms with van der Waals surface area (Å²) in [7, 11) is 0. The van der Waals surface area contributed by atoms with Crippen LogP contribution in [0, 0.1) is 18.6 Å². The predicted molar refractivity (Wildman–Crippen MR) is 176 cm³/mol. The number of piperazine rings is 1. The van der Waals surface area contributed by atoms with Gasteiger partial charge in [-0.15, -0.1) is 0 Å². The molecule has 4 aromatic rings. The molecule has 2 aromatic carbocycles. The molecular formula is C36H44F2N6O. The molecule has 0 saturated carbocycles. The average molecular weight is 615 g/mol. The summed E-state index contributed by atoms with van der Waals surface area (Å²) in [5, 5.41) is 5.73. The van der Waals surface area contributed by atoms with Crippen molar-refractivity contribution >= 4 is 27.5 Å². The number of aryl methyl sites for hydroxylation is 1. The van der Waals surface area contributed by atoms with Gasteiger partial charge >= 0.3 is 6.01 Å². The Morgan fingerprint density at radius 2 is 1.78 bits per heavy atom.